The van der Waals surface area contributed by atoms with Crippen LogP contribution in [0.15, 0.2) is 12.3 Å². The van der Waals surface area contributed by atoms with Gasteiger partial charge in [0, 0.05) is 26.4 Å². The maximum absolute atomic E-state index is 5.07. The Labute approximate surface area is 138 Å². The number of hydrogen-bond donors (Lipinski definition) is 0. The van der Waals surface area contributed by atoms with Gasteiger partial charge >= 0.3 is 0 Å². The Kier molecular flexibility index (Phi) is 3.77. The van der Waals surface area contributed by atoms with Crippen molar-refractivity contribution in [2.45, 2.75) is 26.4 Å². The fourth-order valence-corrected chi connectivity index (χ4v) is 2.88. The molecule has 0 N–H and O–H groups in total. The molecular weight excluding hydrogens is 308 g/mol. The quantitative estimate of drug-likeness (QED) is 0.702. The summed E-state index contributed by atoms with van der Waals surface area (Å²) in [5.74, 6) is 1.77. The third kappa shape index (κ3) is 2.56. The highest BCUT2D eigenvalue weighted by Gasteiger charge is 2.18. The van der Waals surface area contributed by atoms with E-state index in [1.165, 1.54) is 12.8 Å². The fourth-order valence-electron chi connectivity index (χ4n) is 2.88. The molecule has 0 radical (unpaired) electrons. The van der Waals surface area contributed by atoms with Gasteiger partial charge in [-0.1, -0.05) is 0 Å². The number of aryl methyl sites for hydroxylation is 1. The van der Waals surface area contributed by atoms with E-state index in [-0.39, 0.29) is 0 Å². The Morgan fingerprint density at radius 1 is 1.17 bits per heavy atom. The molecule has 24 heavy (non-hydrogen) atoms. The normalized spacial score (nSPS) is 14.7. The van der Waals surface area contributed by atoms with E-state index >= 15 is 0 Å². The fraction of sp³-hybridized carbons (Fsp3) is 0.467. The van der Waals surface area contributed by atoms with Crippen LogP contribution in [0.1, 0.15) is 24.4 Å². The van der Waals surface area contributed by atoms with Gasteiger partial charge in [0.2, 0.25) is 5.95 Å². The summed E-state index contributed by atoms with van der Waals surface area (Å²) in [6.07, 6.45) is 4.12. The van der Waals surface area contributed by atoms with Crippen molar-refractivity contribution in [1.29, 1.82) is 0 Å². The van der Waals surface area contributed by atoms with Crippen molar-refractivity contribution in [3.8, 4) is 11.4 Å². The molecule has 0 bridgehead atoms. The van der Waals surface area contributed by atoms with Crippen molar-refractivity contribution < 1.29 is 4.74 Å². The van der Waals surface area contributed by atoms with Crippen LogP contribution < -0.4 is 4.90 Å². The molecule has 0 spiro atoms. The first-order valence-corrected chi connectivity index (χ1v) is 7.92. The number of methoxy groups -OCH3 is 1. The molecule has 4 rings (SSSR count). The van der Waals surface area contributed by atoms with Crippen LogP contribution in [0.4, 0.5) is 5.95 Å². The van der Waals surface area contributed by atoms with Gasteiger partial charge < -0.3 is 9.64 Å². The summed E-state index contributed by atoms with van der Waals surface area (Å²) in [5, 5.41) is 12.9. The Balaban J connectivity index is 1.75. The molecule has 1 saturated heterocycles. The molecule has 1 aliphatic heterocycles. The summed E-state index contributed by atoms with van der Waals surface area (Å²) in [7, 11) is 1.61. The van der Waals surface area contributed by atoms with E-state index in [0.29, 0.717) is 23.9 Å². The lowest BCUT2D eigenvalue weighted by Crippen LogP contribution is -2.20. The molecule has 9 heteroatoms. The summed E-state index contributed by atoms with van der Waals surface area (Å²) >= 11 is 0. The summed E-state index contributed by atoms with van der Waals surface area (Å²) in [4.78, 5) is 15.5. The Hall–Kier alpha value is -2.68. The van der Waals surface area contributed by atoms with E-state index in [0.717, 1.165) is 30.4 Å². The van der Waals surface area contributed by atoms with Crippen molar-refractivity contribution in [3.63, 3.8) is 0 Å². The van der Waals surface area contributed by atoms with Crippen LogP contribution in [-0.2, 0) is 11.3 Å². The maximum atomic E-state index is 5.07. The zero-order valence-corrected chi connectivity index (χ0v) is 13.7. The van der Waals surface area contributed by atoms with E-state index in [1.54, 1.807) is 17.8 Å². The van der Waals surface area contributed by atoms with Gasteiger partial charge in [0.15, 0.2) is 5.82 Å². The molecule has 1 fully saturated rings. The molecule has 3 aromatic heterocycles. The van der Waals surface area contributed by atoms with Crippen molar-refractivity contribution in [2.75, 3.05) is 25.1 Å². The minimum atomic E-state index is 0.338. The van der Waals surface area contributed by atoms with Gasteiger partial charge in [0.05, 0.1) is 11.4 Å². The van der Waals surface area contributed by atoms with E-state index in [2.05, 4.69) is 35.1 Å². The van der Waals surface area contributed by atoms with Crippen LogP contribution >= 0.6 is 0 Å². The highest BCUT2D eigenvalue weighted by Crippen LogP contribution is 2.22. The van der Waals surface area contributed by atoms with Crippen molar-refractivity contribution in [1.82, 2.24) is 34.8 Å². The first-order valence-electron chi connectivity index (χ1n) is 7.92. The third-order valence-electron chi connectivity index (χ3n) is 4.08. The van der Waals surface area contributed by atoms with Gasteiger partial charge in [0.25, 0.3) is 5.78 Å². The molecule has 0 atom stereocenters. The molecule has 1 aliphatic rings. The average Bonchev–Trinajstić information content (AvgIpc) is 3.25. The number of hydrogen-bond acceptors (Lipinski definition) is 8. The summed E-state index contributed by atoms with van der Waals surface area (Å²) in [6, 6.07) is 1.84. The van der Waals surface area contributed by atoms with Gasteiger partial charge in [-0.05, 0) is 25.8 Å². The van der Waals surface area contributed by atoms with Gasteiger partial charge in [-0.3, -0.25) is 0 Å². The SMILES string of the molecule is COCc1nc2nnc(-c3ccnc(N4CCCC4)n3)c(C)n2n1. The molecule has 9 nitrogen and oxygen atoms in total. The van der Waals surface area contributed by atoms with Gasteiger partial charge in [-0.2, -0.15) is 9.50 Å². The standard InChI is InChI=1S/C15H18N8O/c1-10-13(19-20-15-18-12(9-24-2)21-23(10)15)11-5-6-16-14(17-11)22-7-3-4-8-22/h5-6H,3-4,7-9H2,1-2H3. The second kappa shape index (κ2) is 6.08. The average molecular weight is 326 g/mol. The minimum absolute atomic E-state index is 0.338. The number of ether oxygens (including phenoxy) is 1. The highest BCUT2D eigenvalue weighted by molar-refractivity contribution is 5.58. The predicted molar refractivity (Wildman–Crippen MR) is 86.5 cm³/mol. The van der Waals surface area contributed by atoms with Gasteiger partial charge in [0.1, 0.15) is 12.3 Å². The van der Waals surface area contributed by atoms with Crippen LogP contribution in [0.3, 0.4) is 0 Å². The molecule has 3 aromatic rings. The number of anilines is 1. The van der Waals surface area contributed by atoms with E-state index in [4.69, 9.17) is 4.74 Å². The maximum Gasteiger partial charge on any atom is 0.272 e. The smallest absolute Gasteiger partial charge is 0.272 e. The Morgan fingerprint density at radius 3 is 2.79 bits per heavy atom. The lowest BCUT2D eigenvalue weighted by atomic mass is 10.2. The van der Waals surface area contributed by atoms with E-state index < -0.39 is 0 Å². The third-order valence-corrected chi connectivity index (χ3v) is 4.08. The lowest BCUT2D eigenvalue weighted by molar-refractivity contribution is 0.178. The van der Waals surface area contributed by atoms with Crippen LogP contribution in [0.25, 0.3) is 17.2 Å². The van der Waals surface area contributed by atoms with Crippen LogP contribution in [0.5, 0.6) is 0 Å². The van der Waals surface area contributed by atoms with Crippen LogP contribution in [0, 0.1) is 6.92 Å². The molecule has 4 heterocycles. The molecule has 0 amide bonds. The van der Waals surface area contributed by atoms with Crippen LogP contribution in [-0.4, -0.2) is 55.0 Å². The topological polar surface area (TPSA) is 94.2 Å². The molecule has 0 unspecified atom stereocenters. The largest absolute Gasteiger partial charge is 0.377 e. The number of rotatable bonds is 4. The summed E-state index contributed by atoms with van der Waals surface area (Å²) in [5.41, 5.74) is 2.25. The lowest BCUT2D eigenvalue weighted by Gasteiger charge is -2.15. The van der Waals surface area contributed by atoms with Gasteiger partial charge in [-0.15, -0.1) is 15.3 Å². The van der Waals surface area contributed by atoms with Crippen molar-refractivity contribution in [2.24, 2.45) is 0 Å². The predicted octanol–water partition coefficient (Wildman–Crippen LogP) is 1.03. The first kappa shape index (κ1) is 14.9. The Morgan fingerprint density at radius 2 is 2.00 bits per heavy atom. The molecule has 0 aromatic carbocycles. The zero-order chi connectivity index (χ0) is 16.5. The summed E-state index contributed by atoms with van der Waals surface area (Å²) < 4.78 is 6.75. The second-order valence-corrected chi connectivity index (χ2v) is 5.74. The summed E-state index contributed by atoms with van der Waals surface area (Å²) in [6.45, 7) is 4.26. The van der Waals surface area contributed by atoms with E-state index in [9.17, 15) is 0 Å². The highest BCUT2D eigenvalue weighted by atomic mass is 16.5. The first-order chi connectivity index (χ1) is 11.8. The van der Waals surface area contributed by atoms with Crippen LogP contribution in [0.2, 0.25) is 0 Å². The molecular formula is C15H18N8O. The van der Waals surface area contributed by atoms with Crippen molar-refractivity contribution >= 4 is 11.7 Å². The molecule has 124 valence electrons. The second-order valence-electron chi connectivity index (χ2n) is 5.74. The zero-order valence-electron chi connectivity index (χ0n) is 13.7. The van der Waals surface area contributed by atoms with Gasteiger partial charge in [-0.25, -0.2) is 9.97 Å². The molecule has 0 aliphatic carbocycles. The number of nitrogens with zero attached hydrogens (tertiary/aromatic N) is 8. The number of aromatic nitrogens is 7. The Bertz CT molecular complexity index is 871. The number of fused-ring (bicyclic) bond motifs is 1. The monoisotopic (exact) mass is 326 g/mol. The minimum Gasteiger partial charge on any atom is -0.377 e. The molecule has 0 saturated carbocycles. The van der Waals surface area contributed by atoms with E-state index in [1.807, 2.05) is 13.0 Å². The van der Waals surface area contributed by atoms with Crippen molar-refractivity contribution in [3.05, 3.63) is 23.8 Å².